The Morgan fingerprint density at radius 3 is 2.68 bits per heavy atom. The lowest BCUT2D eigenvalue weighted by Gasteiger charge is -2.21. The van der Waals surface area contributed by atoms with Crippen molar-refractivity contribution in [3.05, 3.63) is 34.2 Å². The van der Waals surface area contributed by atoms with E-state index in [0.717, 1.165) is 5.46 Å². The highest BCUT2D eigenvalue weighted by atomic mass is 16.7. The van der Waals surface area contributed by atoms with E-state index >= 15 is 0 Å². The van der Waals surface area contributed by atoms with E-state index in [-0.39, 0.29) is 18.2 Å². The maximum Gasteiger partial charge on any atom is 0.494 e. The summed E-state index contributed by atoms with van der Waals surface area (Å²) in [7, 11) is -0.527. The average molecular weight is 387 g/mol. The van der Waals surface area contributed by atoms with Crippen molar-refractivity contribution >= 4 is 29.4 Å². The van der Waals surface area contributed by atoms with Crippen LogP contribution in [0.3, 0.4) is 0 Å². The van der Waals surface area contributed by atoms with Gasteiger partial charge in [0, 0.05) is 5.39 Å². The van der Waals surface area contributed by atoms with Gasteiger partial charge < -0.3 is 19.4 Å². The van der Waals surface area contributed by atoms with E-state index in [1.165, 1.54) is 0 Å². The molecule has 1 aromatic heterocycles. The summed E-state index contributed by atoms with van der Waals surface area (Å²) in [4.78, 5) is 24.1. The number of hydrogen-bond acceptors (Lipinski definition) is 6. The topological polar surface area (TPSA) is 103 Å². The van der Waals surface area contributed by atoms with Crippen LogP contribution >= 0.6 is 0 Å². The Balaban J connectivity index is 1.88. The number of nitrogens with zero attached hydrogens (tertiary/aromatic N) is 1. The first-order chi connectivity index (χ1) is 13.0. The Morgan fingerprint density at radius 1 is 1.36 bits per heavy atom. The number of rotatable bonds is 3. The molecular formula is C19H26BN3O5. The first-order valence-electron chi connectivity index (χ1n) is 9.27. The summed E-state index contributed by atoms with van der Waals surface area (Å²) in [5.41, 5.74) is -0.00101. The number of ether oxygens (including phenoxy) is 1. The van der Waals surface area contributed by atoms with Gasteiger partial charge in [0.05, 0.1) is 29.3 Å². The molecule has 0 spiro atoms. The molecule has 2 heterocycles. The predicted octanol–water partition coefficient (Wildman–Crippen LogP) is 1.86. The molecule has 1 aliphatic heterocycles. The molecule has 1 saturated heterocycles. The molecule has 0 saturated carbocycles. The number of aromatic nitrogens is 2. The van der Waals surface area contributed by atoms with Crippen LogP contribution in [0.25, 0.3) is 10.8 Å². The summed E-state index contributed by atoms with van der Waals surface area (Å²) in [5, 5.41) is 10.3. The van der Waals surface area contributed by atoms with Crippen LogP contribution in [0.2, 0.25) is 0 Å². The van der Waals surface area contributed by atoms with Gasteiger partial charge in [-0.1, -0.05) is 12.1 Å². The number of alkyl carbamates (subject to hydrolysis) is 1. The molecule has 1 amide bonds. The smallest absolute Gasteiger partial charge is 0.444 e. The van der Waals surface area contributed by atoms with Crippen molar-refractivity contribution in [3.8, 4) is 0 Å². The van der Waals surface area contributed by atoms with Crippen LogP contribution in [0.4, 0.5) is 4.79 Å². The first-order valence-corrected chi connectivity index (χ1v) is 9.27. The van der Waals surface area contributed by atoms with Crippen molar-refractivity contribution in [3.63, 3.8) is 0 Å². The van der Waals surface area contributed by atoms with Gasteiger partial charge in [0.25, 0.3) is 5.56 Å². The molecular weight excluding hydrogens is 361 g/mol. The van der Waals surface area contributed by atoms with Crippen molar-refractivity contribution in [1.29, 1.82) is 0 Å². The Kier molecular flexibility index (Phi) is 5.25. The van der Waals surface area contributed by atoms with Crippen molar-refractivity contribution in [2.45, 2.75) is 65.4 Å². The summed E-state index contributed by atoms with van der Waals surface area (Å²) in [6, 6.07) is 5.34. The van der Waals surface area contributed by atoms with Gasteiger partial charge >= 0.3 is 13.2 Å². The van der Waals surface area contributed by atoms with Gasteiger partial charge in [-0.05, 0) is 53.1 Å². The lowest BCUT2D eigenvalue weighted by molar-refractivity contribution is 0.0523. The molecule has 3 rings (SSSR count). The lowest BCUT2D eigenvalue weighted by atomic mass is 9.78. The van der Waals surface area contributed by atoms with Crippen molar-refractivity contribution in [2.24, 2.45) is 0 Å². The second-order valence-corrected chi connectivity index (χ2v) is 8.49. The molecule has 2 aromatic rings. The zero-order valence-corrected chi connectivity index (χ0v) is 17.1. The fraction of sp³-hybridized carbons (Fsp3) is 0.526. The van der Waals surface area contributed by atoms with Gasteiger partial charge in [-0.3, -0.25) is 4.79 Å². The number of benzene rings is 1. The largest absolute Gasteiger partial charge is 0.494 e. The van der Waals surface area contributed by atoms with Gasteiger partial charge in [0.2, 0.25) is 0 Å². The maximum atomic E-state index is 12.2. The summed E-state index contributed by atoms with van der Waals surface area (Å²) in [5.74, 6) is 0. The number of nitrogens with one attached hydrogen (secondary N) is 2. The van der Waals surface area contributed by atoms with E-state index in [1.807, 2.05) is 26.8 Å². The van der Waals surface area contributed by atoms with E-state index in [4.69, 9.17) is 14.0 Å². The van der Waals surface area contributed by atoms with Crippen LogP contribution < -0.4 is 16.3 Å². The third-order valence-electron chi connectivity index (χ3n) is 4.68. The number of fused-ring (bicyclic) bond motifs is 1. The van der Waals surface area contributed by atoms with Crippen LogP contribution in [0, 0.1) is 0 Å². The molecule has 8 nitrogen and oxygen atoms in total. The molecule has 1 fully saturated rings. The molecule has 2 N–H and O–H groups in total. The third-order valence-corrected chi connectivity index (χ3v) is 4.68. The van der Waals surface area contributed by atoms with Gasteiger partial charge in [-0.15, -0.1) is 0 Å². The summed E-state index contributed by atoms with van der Waals surface area (Å²) in [6.45, 7) is 11.4. The molecule has 0 aliphatic carbocycles. The Morgan fingerprint density at radius 2 is 2.07 bits per heavy atom. The standard InChI is InChI=1S/C19H26BN3O5/c1-11-19(5,6)28-20(27-11)12-7-8-13-14(9-12)15(22-23-16(13)24)10-21-17(25)26-18(2,3)4/h7-9,11H,10H2,1-6H3,(H,21,25)(H,23,24). The van der Waals surface area contributed by atoms with Crippen molar-refractivity contribution in [2.75, 3.05) is 0 Å². The molecule has 1 aromatic carbocycles. The molecule has 0 radical (unpaired) electrons. The predicted molar refractivity (Wildman–Crippen MR) is 107 cm³/mol. The molecule has 1 unspecified atom stereocenters. The van der Waals surface area contributed by atoms with Gasteiger partial charge in [0.1, 0.15) is 5.60 Å². The highest BCUT2D eigenvalue weighted by Crippen LogP contribution is 2.27. The van der Waals surface area contributed by atoms with Crippen molar-refractivity contribution < 1.29 is 18.8 Å². The Labute approximate surface area is 164 Å². The highest BCUT2D eigenvalue weighted by molar-refractivity contribution is 6.62. The molecule has 1 aliphatic rings. The van der Waals surface area contributed by atoms with Crippen molar-refractivity contribution in [1.82, 2.24) is 15.5 Å². The molecule has 150 valence electrons. The lowest BCUT2D eigenvalue weighted by Crippen LogP contribution is -2.35. The van der Waals surface area contributed by atoms with E-state index in [2.05, 4.69) is 15.5 Å². The number of aromatic amines is 1. The summed E-state index contributed by atoms with van der Waals surface area (Å²) < 4.78 is 17.2. The van der Waals surface area contributed by atoms with Gasteiger partial charge in [-0.2, -0.15) is 5.10 Å². The molecule has 28 heavy (non-hydrogen) atoms. The third kappa shape index (κ3) is 4.36. The number of hydrogen-bond donors (Lipinski definition) is 2. The number of carbonyl (C=O) groups is 1. The minimum atomic E-state index is -0.599. The average Bonchev–Trinajstić information content (AvgIpc) is 2.86. The Bertz CT molecular complexity index is 951. The van der Waals surface area contributed by atoms with E-state index in [1.54, 1.807) is 32.9 Å². The van der Waals surface area contributed by atoms with Crippen LogP contribution in [-0.4, -0.2) is 40.7 Å². The van der Waals surface area contributed by atoms with Gasteiger partial charge in [0.15, 0.2) is 0 Å². The number of carbonyl (C=O) groups excluding carboxylic acids is 1. The Hall–Kier alpha value is -2.39. The fourth-order valence-corrected chi connectivity index (χ4v) is 2.88. The number of amides is 1. The molecule has 9 heteroatoms. The normalized spacial score (nSPS) is 19.1. The van der Waals surface area contributed by atoms with Crippen LogP contribution in [-0.2, 0) is 20.6 Å². The van der Waals surface area contributed by atoms with E-state index < -0.39 is 24.4 Å². The maximum absolute atomic E-state index is 12.2. The SMILES string of the molecule is CC1OB(c2ccc3c(=O)[nH]nc(CNC(=O)OC(C)(C)C)c3c2)OC1(C)C. The quantitative estimate of drug-likeness (QED) is 0.780. The zero-order valence-electron chi connectivity index (χ0n) is 17.1. The molecule has 1 atom stereocenters. The van der Waals surface area contributed by atoms with Crippen LogP contribution in [0.5, 0.6) is 0 Å². The minimum Gasteiger partial charge on any atom is -0.444 e. The number of H-pyrrole nitrogens is 1. The fourth-order valence-electron chi connectivity index (χ4n) is 2.88. The van der Waals surface area contributed by atoms with Crippen LogP contribution in [0.1, 0.15) is 47.2 Å². The summed E-state index contributed by atoms with van der Waals surface area (Å²) in [6.07, 6.45) is -0.623. The van der Waals surface area contributed by atoms with Gasteiger partial charge in [-0.25, -0.2) is 9.89 Å². The zero-order chi connectivity index (χ0) is 20.7. The monoisotopic (exact) mass is 387 g/mol. The van der Waals surface area contributed by atoms with E-state index in [9.17, 15) is 9.59 Å². The minimum absolute atomic E-state index is 0.0706. The second-order valence-electron chi connectivity index (χ2n) is 8.49. The molecule has 0 bridgehead atoms. The highest BCUT2D eigenvalue weighted by Gasteiger charge is 2.43. The second kappa shape index (κ2) is 7.22. The first kappa shape index (κ1) is 20.4. The van der Waals surface area contributed by atoms with Crippen LogP contribution in [0.15, 0.2) is 23.0 Å². The van der Waals surface area contributed by atoms with E-state index in [0.29, 0.717) is 16.5 Å². The summed E-state index contributed by atoms with van der Waals surface area (Å²) >= 11 is 0.